The molecule has 4 rings (SSSR count). The van der Waals surface area contributed by atoms with Crippen LogP contribution < -0.4 is 9.47 Å². The zero-order valence-corrected chi connectivity index (χ0v) is 11.3. The maximum atomic E-state index is 12.6. The second-order valence-corrected chi connectivity index (χ2v) is 5.03. The number of aromatic carboxylic acids is 1. The minimum atomic E-state index is -1.06. The van der Waals surface area contributed by atoms with Gasteiger partial charge in [0.25, 0.3) is 0 Å². The molecule has 0 atom stereocenters. The molecule has 0 unspecified atom stereocenters. The molecule has 5 nitrogen and oxygen atoms in total. The molecule has 0 aromatic heterocycles. The Labute approximate surface area is 125 Å². The van der Waals surface area contributed by atoms with Crippen LogP contribution in [-0.2, 0) is 0 Å². The first-order valence-electron chi connectivity index (χ1n) is 6.68. The largest absolute Gasteiger partial charge is 0.478 e. The molecule has 1 aliphatic heterocycles. The van der Waals surface area contributed by atoms with Crippen LogP contribution in [0.2, 0.25) is 0 Å². The number of hydrogen-bond donors (Lipinski definition) is 1. The van der Waals surface area contributed by atoms with E-state index in [0.29, 0.717) is 33.8 Å². The molecule has 2 aromatic carbocycles. The molecule has 22 heavy (non-hydrogen) atoms. The number of benzene rings is 2. The third-order valence-electron chi connectivity index (χ3n) is 3.78. The Balaban J connectivity index is 1.86. The zero-order valence-electron chi connectivity index (χ0n) is 11.3. The minimum Gasteiger partial charge on any atom is -0.478 e. The van der Waals surface area contributed by atoms with Crippen molar-refractivity contribution in [2.75, 3.05) is 6.79 Å². The van der Waals surface area contributed by atoms with Gasteiger partial charge in [0.15, 0.2) is 17.3 Å². The summed E-state index contributed by atoms with van der Waals surface area (Å²) in [7, 11) is 0. The van der Waals surface area contributed by atoms with Gasteiger partial charge in [-0.25, -0.2) is 4.79 Å². The molecule has 0 bridgehead atoms. The van der Waals surface area contributed by atoms with Crippen LogP contribution in [0.4, 0.5) is 0 Å². The molecule has 1 heterocycles. The highest BCUT2D eigenvalue weighted by molar-refractivity contribution is 6.38. The number of hydrogen-bond acceptors (Lipinski definition) is 4. The van der Waals surface area contributed by atoms with Gasteiger partial charge in [-0.15, -0.1) is 0 Å². The number of rotatable bonds is 2. The number of allylic oxidation sites excluding steroid dienone is 1. The summed E-state index contributed by atoms with van der Waals surface area (Å²) in [6.07, 6.45) is 1.70. The lowest BCUT2D eigenvalue weighted by atomic mass is 9.97. The molecule has 0 radical (unpaired) electrons. The van der Waals surface area contributed by atoms with Crippen LogP contribution in [0.15, 0.2) is 36.4 Å². The number of fused-ring (bicyclic) bond motifs is 2. The summed E-state index contributed by atoms with van der Waals surface area (Å²) in [5.74, 6) is -0.139. The Kier molecular flexibility index (Phi) is 2.56. The first kappa shape index (κ1) is 12.6. The van der Waals surface area contributed by atoms with Crippen LogP contribution >= 0.6 is 0 Å². The summed E-state index contributed by atoms with van der Waals surface area (Å²) >= 11 is 0. The highest BCUT2D eigenvalue weighted by Crippen LogP contribution is 2.41. The predicted octanol–water partition coefficient (Wildman–Crippen LogP) is 2.85. The average Bonchev–Trinajstić information content (AvgIpc) is 3.09. The summed E-state index contributed by atoms with van der Waals surface area (Å²) < 4.78 is 10.6. The second kappa shape index (κ2) is 4.46. The van der Waals surface area contributed by atoms with Gasteiger partial charge in [0.1, 0.15) is 0 Å². The molecule has 0 fully saturated rings. The molecule has 5 heteroatoms. The summed E-state index contributed by atoms with van der Waals surface area (Å²) in [5, 5.41) is 9.29. The molecule has 108 valence electrons. The maximum Gasteiger partial charge on any atom is 0.336 e. The summed E-state index contributed by atoms with van der Waals surface area (Å²) in [4.78, 5) is 24.0. The van der Waals surface area contributed by atoms with Crippen LogP contribution in [0.1, 0.15) is 31.8 Å². The fraction of sp³-hybridized carbons (Fsp3) is 0.0588. The fourth-order valence-corrected chi connectivity index (χ4v) is 2.74. The Bertz CT molecular complexity index is 863. The van der Waals surface area contributed by atoms with Gasteiger partial charge in [0.2, 0.25) is 6.79 Å². The molecule has 0 amide bonds. The first-order chi connectivity index (χ1) is 10.6. The Morgan fingerprint density at radius 2 is 1.77 bits per heavy atom. The third-order valence-corrected chi connectivity index (χ3v) is 3.78. The van der Waals surface area contributed by atoms with Crippen molar-refractivity contribution in [1.82, 2.24) is 0 Å². The first-order valence-corrected chi connectivity index (χ1v) is 6.68. The van der Waals surface area contributed by atoms with Crippen LogP contribution in [0.25, 0.3) is 11.6 Å². The van der Waals surface area contributed by atoms with Gasteiger partial charge in [-0.05, 0) is 29.8 Å². The van der Waals surface area contributed by atoms with E-state index in [2.05, 4.69) is 0 Å². The Hall–Kier alpha value is -3.08. The third kappa shape index (κ3) is 1.72. The minimum absolute atomic E-state index is 0.106. The van der Waals surface area contributed by atoms with E-state index in [-0.39, 0.29) is 18.1 Å². The van der Waals surface area contributed by atoms with E-state index in [1.807, 2.05) is 0 Å². The van der Waals surface area contributed by atoms with Gasteiger partial charge in [-0.3, -0.25) is 4.79 Å². The monoisotopic (exact) mass is 294 g/mol. The fourth-order valence-electron chi connectivity index (χ4n) is 2.74. The van der Waals surface area contributed by atoms with Crippen molar-refractivity contribution in [3.63, 3.8) is 0 Å². The molecule has 2 aliphatic rings. The standard InChI is InChI=1S/C17H10O5/c18-16-12-7-15-14(21-8-22-15)6-9(12)5-13(16)10-3-1-2-4-11(10)17(19)20/h1-7H,8H2,(H,19,20). The van der Waals surface area contributed by atoms with E-state index in [1.165, 1.54) is 6.07 Å². The van der Waals surface area contributed by atoms with Gasteiger partial charge in [-0.2, -0.15) is 0 Å². The van der Waals surface area contributed by atoms with Crippen molar-refractivity contribution in [2.24, 2.45) is 0 Å². The molecule has 0 saturated heterocycles. The number of ketones is 1. The normalized spacial score (nSPS) is 14.7. The number of carboxylic acids is 1. The number of Topliss-reactive ketones (excluding diaryl/α,β-unsaturated/α-hetero) is 1. The van der Waals surface area contributed by atoms with Gasteiger partial charge >= 0.3 is 5.97 Å². The summed E-state index contributed by atoms with van der Waals surface area (Å²) in [6, 6.07) is 9.86. The summed E-state index contributed by atoms with van der Waals surface area (Å²) in [6.45, 7) is 0.144. The number of ether oxygens (including phenoxy) is 2. The van der Waals surface area contributed by atoms with Crippen molar-refractivity contribution in [2.45, 2.75) is 0 Å². The number of carbonyl (C=O) groups excluding carboxylic acids is 1. The van der Waals surface area contributed by atoms with Crippen molar-refractivity contribution in [1.29, 1.82) is 0 Å². The molecule has 1 aliphatic carbocycles. The Morgan fingerprint density at radius 1 is 1.05 bits per heavy atom. The van der Waals surface area contributed by atoms with Crippen LogP contribution in [0.3, 0.4) is 0 Å². The zero-order chi connectivity index (χ0) is 15.3. The highest BCUT2D eigenvalue weighted by Gasteiger charge is 2.29. The molecule has 1 N–H and O–H groups in total. The van der Waals surface area contributed by atoms with Crippen LogP contribution in [0, 0.1) is 0 Å². The van der Waals surface area contributed by atoms with Crippen molar-refractivity contribution >= 4 is 23.4 Å². The van der Waals surface area contributed by atoms with Gasteiger partial charge in [0.05, 0.1) is 5.56 Å². The number of carbonyl (C=O) groups is 2. The average molecular weight is 294 g/mol. The molecule has 2 aromatic rings. The second-order valence-electron chi connectivity index (χ2n) is 5.03. The van der Waals surface area contributed by atoms with Crippen molar-refractivity contribution in [3.8, 4) is 11.5 Å². The topological polar surface area (TPSA) is 72.8 Å². The van der Waals surface area contributed by atoms with E-state index < -0.39 is 5.97 Å². The van der Waals surface area contributed by atoms with E-state index in [0.717, 1.165) is 0 Å². The van der Waals surface area contributed by atoms with Crippen LogP contribution in [-0.4, -0.2) is 23.7 Å². The molecule has 0 saturated carbocycles. The summed E-state index contributed by atoms with van der Waals surface area (Å²) in [5.41, 5.74) is 2.11. The van der Waals surface area contributed by atoms with Gasteiger partial charge < -0.3 is 14.6 Å². The predicted molar refractivity (Wildman–Crippen MR) is 78.2 cm³/mol. The SMILES string of the molecule is O=C1C(c2ccccc2C(=O)O)=Cc2cc3c(cc21)OCO3. The van der Waals surface area contributed by atoms with E-state index in [4.69, 9.17) is 9.47 Å². The lowest BCUT2D eigenvalue weighted by molar-refractivity contribution is 0.0696. The van der Waals surface area contributed by atoms with E-state index >= 15 is 0 Å². The smallest absolute Gasteiger partial charge is 0.336 e. The quantitative estimate of drug-likeness (QED) is 0.922. The number of carboxylic acid groups (broad SMARTS) is 1. The molecule has 0 spiro atoms. The lowest BCUT2D eigenvalue weighted by Gasteiger charge is -2.06. The van der Waals surface area contributed by atoms with Crippen molar-refractivity contribution in [3.05, 3.63) is 58.7 Å². The van der Waals surface area contributed by atoms with Crippen LogP contribution in [0.5, 0.6) is 11.5 Å². The van der Waals surface area contributed by atoms with Gasteiger partial charge in [-0.1, -0.05) is 18.2 Å². The van der Waals surface area contributed by atoms with Crippen molar-refractivity contribution < 1.29 is 24.2 Å². The van der Waals surface area contributed by atoms with Gasteiger partial charge in [0, 0.05) is 16.7 Å². The Morgan fingerprint density at radius 3 is 2.55 bits per heavy atom. The highest BCUT2D eigenvalue weighted by atomic mass is 16.7. The lowest BCUT2D eigenvalue weighted by Crippen LogP contribution is -2.05. The molecular weight excluding hydrogens is 284 g/mol. The van der Waals surface area contributed by atoms with E-state index in [9.17, 15) is 14.7 Å². The van der Waals surface area contributed by atoms with E-state index in [1.54, 1.807) is 36.4 Å². The maximum absolute atomic E-state index is 12.6. The molecular formula is C17H10O5.